The molecule has 0 amide bonds. The first kappa shape index (κ1) is 21.9. The summed E-state index contributed by atoms with van der Waals surface area (Å²) in [6.07, 6.45) is 7.97. The van der Waals surface area contributed by atoms with E-state index in [1.807, 2.05) is 37.5 Å². The van der Waals surface area contributed by atoms with Crippen molar-refractivity contribution in [3.63, 3.8) is 0 Å². The molecule has 0 spiro atoms. The molecule has 0 bridgehead atoms. The van der Waals surface area contributed by atoms with Crippen molar-refractivity contribution in [2.75, 3.05) is 36.4 Å². The standard InChI is InChI=1S/C27H28FN7/c1-17(20-4-2-3-5-22(20)28)32-24-14-19(8-9-31-24)26-33-23-16-30-15-21(18-6-7-18)25(23)27(34-26)35-12-10-29-11-13-35/h2-5,8-9,14-18,29H,6-7,10-13H2,1H3,(H,31,32)/t17-/m1/s1. The molecule has 4 aromatic rings. The van der Waals surface area contributed by atoms with Crippen LogP contribution in [-0.2, 0) is 0 Å². The molecule has 7 nitrogen and oxygen atoms in total. The van der Waals surface area contributed by atoms with E-state index in [0.29, 0.717) is 23.1 Å². The zero-order chi connectivity index (χ0) is 23.8. The summed E-state index contributed by atoms with van der Waals surface area (Å²) in [5.74, 6) is 2.60. The number of hydrogen-bond donors (Lipinski definition) is 2. The lowest BCUT2D eigenvalue weighted by atomic mass is 10.1. The lowest BCUT2D eigenvalue weighted by Gasteiger charge is -2.30. The van der Waals surface area contributed by atoms with Gasteiger partial charge in [0.15, 0.2) is 5.82 Å². The van der Waals surface area contributed by atoms with Crippen LogP contribution in [0.25, 0.3) is 22.3 Å². The SMILES string of the molecule is C[C@@H](Nc1cc(-c2nc(N3CCNCC3)c3c(C4CC4)cncc3n2)ccn1)c1ccccc1F. The Kier molecular flexibility index (Phi) is 5.74. The number of rotatable bonds is 6. The van der Waals surface area contributed by atoms with E-state index in [4.69, 9.17) is 9.97 Å². The summed E-state index contributed by atoms with van der Waals surface area (Å²) in [5.41, 5.74) is 3.59. The quantitative estimate of drug-likeness (QED) is 0.424. The number of benzene rings is 1. The highest BCUT2D eigenvalue weighted by atomic mass is 19.1. The van der Waals surface area contributed by atoms with Gasteiger partial charge in [-0.15, -0.1) is 0 Å². The van der Waals surface area contributed by atoms with Crippen LogP contribution < -0.4 is 15.5 Å². The summed E-state index contributed by atoms with van der Waals surface area (Å²) in [4.78, 5) is 21.4. The fraction of sp³-hybridized carbons (Fsp3) is 0.333. The zero-order valence-electron chi connectivity index (χ0n) is 19.7. The Hall–Kier alpha value is -3.65. The molecule has 1 aliphatic carbocycles. The summed E-state index contributed by atoms with van der Waals surface area (Å²) in [6.45, 7) is 5.60. The molecule has 1 aromatic carbocycles. The maximum atomic E-state index is 14.3. The van der Waals surface area contributed by atoms with E-state index < -0.39 is 0 Å². The van der Waals surface area contributed by atoms with Gasteiger partial charge in [-0.1, -0.05) is 18.2 Å². The first-order chi connectivity index (χ1) is 17.2. The second kappa shape index (κ2) is 9.19. The summed E-state index contributed by atoms with van der Waals surface area (Å²) in [5, 5.41) is 7.88. The minimum absolute atomic E-state index is 0.235. The van der Waals surface area contributed by atoms with Crippen LogP contribution in [0, 0.1) is 5.82 Å². The molecule has 178 valence electrons. The second-order valence-corrected chi connectivity index (χ2v) is 9.32. The summed E-state index contributed by atoms with van der Waals surface area (Å²) in [7, 11) is 0. The Labute approximate surface area is 203 Å². The summed E-state index contributed by atoms with van der Waals surface area (Å²) >= 11 is 0. The van der Waals surface area contributed by atoms with Crippen LogP contribution >= 0.6 is 0 Å². The maximum Gasteiger partial charge on any atom is 0.162 e. The lowest BCUT2D eigenvalue weighted by Crippen LogP contribution is -2.44. The van der Waals surface area contributed by atoms with E-state index in [0.717, 1.165) is 48.5 Å². The van der Waals surface area contributed by atoms with Gasteiger partial charge in [0.25, 0.3) is 0 Å². The topological polar surface area (TPSA) is 78.9 Å². The molecule has 4 heterocycles. The maximum absolute atomic E-state index is 14.3. The van der Waals surface area contributed by atoms with Crippen molar-refractivity contribution >= 4 is 22.5 Å². The van der Waals surface area contributed by atoms with E-state index in [9.17, 15) is 4.39 Å². The van der Waals surface area contributed by atoms with E-state index >= 15 is 0 Å². The zero-order valence-corrected chi connectivity index (χ0v) is 19.7. The Balaban J connectivity index is 1.39. The predicted molar refractivity (Wildman–Crippen MR) is 136 cm³/mol. The molecule has 3 aromatic heterocycles. The highest BCUT2D eigenvalue weighted by molar-refractivity contribution is 5.94. The van der Waals surface area contributed by atoms with Crippen molar-refractivity contribution in [2.45, 2.75) is 31.7 Å². The van der Waals surface area contributed by atoms with E-state index in [1.54, 1.807) is 18.3 Å². The first-order valence-corrected chi connectivity index (χ1v) is 12.3. The van der Waals surface area contributed by atoms with Crippen molar-refractivity contribution in [3.8, 4) is 11.4 Å². The number of fused-ring (bicyclic) bond motifs is 1. The van der Waals surface area contributed by atoms with Gasteiger partial charge >= 0.3 is 0 Å². The number of nitrogens with zero attached hydrogens (tertiary/aromatic N) is 5. The van der Waals surface area contributed by atoms with E-state index in [1.165, 1.54) is 24.5 Å². The van der Waals surface area contributed by atoms with Crippen molar-refractivity contribution < 1.29 is 4.39 Å². The van der Waals surface area contributed by atoms with Crippen LogP contribution in [0.5, 0.6) is 0 Å². The number of nitrogens with one attached hydrogen (secondary N) is 2. The molecule has 1 atom stereocenters. The molecular weight excluding hydrogens is 441 g/mol. The Morgan fingerprint density at radius 3 is 2.71 bits per heavy atom. The molecule has 35 heavy (non-hydrogen) atoms. The van der Waals surface area contributed by atoms with Gasteiger partial charge in [0.2, 0.25) is 0 Å². The monoisotopic (exact) mass is 469 g/mol. The molecule has 2 N–H and O–H groups in total. The Morgan fingerprint density at radius 2 is 1.91 bits per heavy atom. The van der Waals surface area contributed by atoms with E-state index in [-0.39, 0.29) is 11.9 Å². The van der Waals surface area contributed by atoms with Gasteiger partial charge in [0, 0.05) is 55.1 Å². The molecule has 0 unspecified atom stereocenters. The Morgan fingerprint density at radius 1 is 1.09 bits per heavy atom. The van der Waals surface area contributed by atoms with Crippen molar-refractivity contribution in [2.24, 2.45) is 0 Å². The molecule has 6 rings (SSSR count). The van der Waals surface area contributed by atoms with Gasteiger partial charge in [-0.3, -0.25) is 4.98 Å². The third-order valence-corrected chi connectivity index (χ3v) is 6.80. The minimum atomic E-state index is -0.238. The molecule has 1 aliphatic heterocycles. The number of halogens is 1. The number of hydrogen-bond acceptors (Lipinski definition) is 7. The van der Waals surface area contributed by atoms with Gasteiger partial charge in [-0.25, -0.2) is 19.3 Å². The number of piperazine rings is 1. The van der Waals surface area contributed by atoms with Crippen LogP contribution in [0.15, 0.2) is 55.0 Å². The fourth-order valence-electron chi connectivity index (χ4n) is 4.80. The molecule has 0 radical (unpaired) electrons. The molecule has 1 saturated carbocycles. The lowest BCUT2D eigenvalue weighted by molar-refractivity contribution is 0.586. The third kappa shape index (κ3) is 4.41. The summed E-state index contributed by atoms with van der Waals surface area (Å²) < 4.78 is 14.3. The first-order valence-electron chi connectivity index (χ1n) is 12.3. The van der Waals surface area contributed by atoms with Gasteiger partial charge < -0.3 is 15.5 Å². The minimum Gasteiger partial charge on any atom is -0.363 e. The smallest absolute Gasteiger partial charge is 0.162 e. The van der Waals surface area contributed by atoms with Crippen LogP contribution in [-0.4, -0.2) is 46.1 Å². The van der Waals surface area contributed by atoms with Crippen molar-refractivity contribution in [3.05, 3.63) is 71.9 Å². The second-order valence-electron chi connectivity index (χ2n) is 9.32. The predicted octanol–water partition coefficient (Wildman–Crippen LogP) is 4.69. The van der Waals surface area contributed by atoms with E-state index in [2.05, 4.69) is 25.5 Å². The average molecular weight is 470 g/mol. The number of anilines is 2. The van der Waals surface area contributed by atoms with Gasteiger partial charge in [0.1, 0.15) is 17.5 Å². The van der Waals surface area contributed by atoms with Crippen LogP contribution in [0.2, 0.25) is 0 Å². The van der Waals surface area contributed by atoms with Crippen LogP contribution in [0.1, 0.15) is 42.9 Å². The van der Waals surface area contributed by atoms with Crippen molar-refractivity contribution in [1.82, 2.24) is 25.3 Å². The molecule has 2 fully saturated rings. The number of aromatic nitrogens is 4. The summed E-state index contributed by atoms with van der Waals surface area (Å²) in [6, 6.07) is 10.4. The van der Waals surface area contributed by atoms with Crippen LogP contribution in [0.3, 0.4) is 0 Å². The average Bonchev–Trinajstić information content (AvgIpc) is 3.74. The molecule has 2 aliphatic rings. The van der Waals surface area contributed by atoms with Crippen molar-refractivity contribution in [1.29, 1.82) is 0 Å². The highest BCUT2D eigenvalue weighted by Gasteiger charge is 2.29. The number of pyridine rings is 2. The van der Waals surface area contributed by atoms with Gasteiger partial charge in [-0.05, 0) is 49.4 Å². The molecular formula is C27H28FN7. The van der Waals surface area contributed by atoms with Gasteiger partial charge in [-0.2, -0.15) is 0 Å². The fourth-order valence-corrected chi connectivity index (χ4v) is 4.80. The molecule has 1 saturated heterocycles. The third-order valence-electron chi connectivity index (χ3n) is 6.80. The normalized spacial score (nSPS) is 16.9. The molecule has 8 heteroatoms. The highest BCUT2D eigenvalue weighted by Crippen LogP contribution is 2.44. The Bertz CT molecular complexity index is 1370. The van der Waals surface area contributed by atoms with Gasteiger partial charge in [0.05, 0.1) is 17.8 Å². The largest absolute Gasteiger partial charge is 0.363 e. The van der Waals surface area contributed by atoms with Crippen LogP contribution in [0.4, 0.5) is 16.0 Å².